The van der Waals surface area contributed by atoms with Crippen molar-refractivity contribution in [3.63, 3.8) is 0 Å². The number of rotatable bonds is 27. The van der Waals surface area contributed by atoms with Crippen molar-refractivity contribution in [3.8, 4) is 11.5 Å². The zero-order valence-electron chi connectivity index (χ0n) is 61.8. The standard InChI is InChI=1S/C21H23BN2O4.C20H27BN2O5.C19H27BN2O5.C17H23BN2O5/c25-21(18-10-6-12-24(18)16-7-2-1-3-8-16)23-20(22(26)27)13-15-14-28-19-11-5-4-9-17(15)19;1-13-5-4-6-15-14(12-28-19(13)15)11-16(21(26)27)22-17(24)8-10-23-18(25)7-9-20(23,2)3;1-13-5-4-6-15-14(12-27-19(13)15)11-16(20(25)26)21-17(23)8-10-22-9-3-2-7-18(22)24;21-16(7-9-20-8-3-6-17(20)22)19-15(18(23)24)10-12-11-25-14-5-2-1-4-13(12)14/h1-5,7-9,11,14,18,20,26-27H,6,10,12-13H2,(H,23,25);4-6,12,16,26-27H,7-11H2,1-3H3,(H,22,24);4-6,14,16,25-26H,2-3,7-12H2,1H3,(H,21,23);1-2,4-5,12,15,23-24H,3,6-11H2,(H,19,21)/t18?,20-;16-;14-,16+;12-,15+/m0011/s1. The number of aryl methyl sites for hydroxylation is 2. The van der Waals surface area contributed by atoms with Gasteiger partial charge in [-0.05, 0) is 138 Å². The lowest BCUT2D eigenvalue weighted by atomic mass is 9.73. The molecule has 0 radical (unpaired) electrons. The van der Waals surface area contributed by atoms with Crippen LogP contribution in [0.3, 0.4) is 0 Å². The highest BCUT2D eigenvalue weighted by Crippen LogP contribution is 2.40. The highest BCUT2D eigenvalue weighted by Gasteiger charge is 2.40. The minimum Gasteiger partial charge on any atom is -0.493 e. The third kappa shape index (κ3) is 21.6. The summed E-state index contributed by atoms with van der Waals surface area (Å²) in [4.78, 5) is 92.3. The van der Waals surface area contributed by atoms with Gasteiger partial charge in [-0.1, -0.05) is 91.0 Å². The number of fused-ring (bicyclic) bond motifs is 4. The second-order valence-electron chi connectivity index (χ2n) is 29.3. The summed E-state index contributed by atoms with van der Waals surface area (Å²) in [6.07, 6.45) is 11.6. The Morgan fingerprint density at radius 2 is 1.05 bits per heavy atom. The fourth-order valence-corrected chi connectivity index (χ4v) is 15.0. The summed E-state index contributed by atoms with van der Waals surface area (Å²) in [5.74, 6) is -2.45. The lowest BCUT2D eigenvalue weighted by molar-refractivity contribution is -0.134. The van der Waals surface area contributed by atoms with Gasteiger partial charge in [-0.15, -0.1) is 0 Å². The molecule has 4 fully saturated rings. The first-order chi connectivity index (χ1) is 51.8. The van der Waals surface area contributed by atoms with Crippen molar-refractivity contribution >= 4 is 97.4 Å². The first kappa shape index (κ1) is 81.3. The molecule has 0 spiro atoms. The number of carbonyl (C=O) groups excluding carboxylic acids is 7. The Hall–Kier alpha value is -9.19. The van der Waals surface area contributed by atoms with Crippen LogP contribution in [-0.2, 0) is 46.4 Å². The molecule has 7 atom stereocenters. The number of para-hydroxylation sites is 5. The Labute approximate surface area is 630 Å². The topological polar surface area (TPSA) is 387 Å². The van der Waals surface area contributed by atoms with Crippen molar-refractivity contribution < 1.29 is 92.1 Å². The molecule has 0 bridgehead atoms. The maximum Gasteiger partial charge on any atom is 0.475 e. The molecule has 13 rings (SSSR count). The first-order valence-corrected chi connectivity index (χ1v) is 37.5. The summed E-state index contributed by atoms with van der Waals surface area (Å²) < 4.78 is 22.5. The predicted octanol–water partition coefficient (Wildman–Crippen LogP) is 4.54. The summed E-state index contributed by atoms with van der Waals surface area (Å²) in [6.45, 7) is 12.1. The SMILES string of the molecule is Cc1cccc2c(C[C@H](NC(=O)CCN3C(=O)CCC3(C)C)B(O)O)coc12.Cc1cccc2c1OC[C@H]2C[C@H](NC(=O)CCN1CCCCC1=O)B(O)O.O=C(CCN1CCCC1=O)N[C@@H](C[C@@H]1COc2ccccc21)B(O)O.O=C(N[C@@H](Cc1coc2ccccc12)B(O)O)C1CCCN1c1ccccc1. The van der Waals surface area contributed by atoms with Crippen molar-refractivity contribution in [2.24, 2.45) is 0 Å². The second-order valence-corrected chi connectivity index (χ2v) is 29.3. The number of amides is 7. The van der Waals surface area contributed by atoms with E-state index in [9.17, 15) is 73.8 Å². The van der Waals surface area contributed by atoms with Gasteiger partial charge in [0, 0.05) is 123 Å². The molecule has 12 N–H and O–H groups in total. The van der Waals surface area contributed by atoms with Crippen LogP contribution in [-0.4, -0.2) is 213 Å². The molecule has 27 nitrogen and oxygen atoms in total. The molecule has 7 aromatic rings. The van der Waals surface area contributed by atoms with Gasteiger partial charge in [-0.2, -0.15) is 0 Å². The summed E-state index contributed by atoms with van der Waals surface area (Å²) in [7, 11) is -6.67. The second kappa shape index (κ2) is 38.2. The van der Waals surface area contributed by atoms with Crippen molar-refractivity contribution in [2.45, 2.75) is 178 Å². The third-order valence-corrected chi connectivity index (χ3v) is 21.1. The van der Waals surface area contributed by atoms with Crippen LogP contribution in [0, 0.1) is 13.8 Å². The van der Waals surface area contributed by atoms with Crippen molar-refractivity contribution in [1.82, 2.24) is 36.0 Å². The van der Waals surface area contributed by atoms with E-state index in [2.05, 4.69) is 26.2 Å². The normalized spacial score (nSPS) is 18.7. The van der Waals surface area contributed by atoms with Gasteiger partial charge >= 0.3 is 28.5 Å². The maximum absolute atomic E-state index is 12.9. The third-order valence-electron chi connectivity index (χ3n) is 21.1. The van der Waals surface area contributed by atoms with Crippen LogP contribution in [0.5, 0.6) is 11.5 Å². The number of anilines is 1. The van der Waals surface area contributed by atoms with Gasteiger partial charge < -0.3 is 99.4 Å². The number of carbonyl (C=O) groups is 7. The Bertz CT molecular complexity index is 4200. The highest BCUT2D eigenvalue weighted by molar-refractivity contribution is 6.45. The number of piperidine rings is 1. The van der Waals surface area contributed by atoms with Crippen LogP contribution in [0.1, 0.15) is 149 Å². The molecule has 0 saturated carbocycles. The van der Waals surface area contributed by atoms with E-state index in [4.69, 9.17) is 18.3 Å². The molecule has 2 aromatic heterocycles. The molecule has 31 heteroatoms. The number of benzene rings is 5. The Morgan fingerprint density at radius 1 is 0.519 bits per heavy atom. The number of nitrogens with zero attached hydrogens (tertiary/aromatic N) is 4. The average Bonchev–Trinajstić information content (AvgIpc) is 1.67. The number of hydrogen-bond acceptors (Lipinski definition) is 20. The molecule has 7 amide bonds. The van der Waals surface area contributed by atoms with Crippen LogP contribution >= 0.6 is 0 Å². The molecule has 8 heterocycles. The fourth-order valence-electron chi connectivity index (χ4n) is 15.0. The zero-order valence-corrected chi connectivity index (χ0v) is 61.8. The summed E-state index contributed by atoms with van der Waals surface area (Å²) in [5, 5.41) is 90.6. The lowest BCUT2D eigenvalue weighted by Gasteiger charge is -2.31. The monoisotopic (exact) mass is 1480 g/mol. The van der Waals surface area contributed by atoms with Crippen LogP contribution in [0.2, 0.25) is 0 Å². The smallest absolute Gasteiger partial charge is 0.475 e. The molecular formula is C77H100B4N8O19. The van der Waals surface area contributed by atoms with Crippen LogP contribution < -0.4 is 35.6 Å². The number of hydrogen-bond donors (Lipinski definition) is 12. The van der Waals surface area contributed by atoms with Gasteiger partial charge in [0.1, 0.15) is 28.7 Å². The van der Waals surface area contributed by atoms with Gasteiger partial charge in [0.2, 0.25) is 41.4 Å². The maximum atomic E-state index is 12.9. The molecule has 6 aliphatic heterocycles. The molecular weight excluding hydrogens is 1380 g/mol. The quantitative estimate of drug-likeness (QED) is 0.0315. The van der Waals surface area contributed by atoms with Crippen LogP contribution in [0.15, 0.2) is 137 Å². The molecule has 5 aromatic carbocycles. The summed E-state index contributed by atoms with van der Waals surface area (Å²) >= 11 is 0. The fraction of sp³-hybridized carbons (Fsp3) is 0.468. The lowest BCUT2D eigenvalue weighted by Crippen LogP contribution is -2.53. The average molecular weight is 1480 g/mol. The van der Waals surface area contributed by atoms with Gasteiger partial charge in [-0.3, -0.25) is 33.6 Å². The van der Waals surface area contributed by atoms with Crippen molar-refractivity contribution in [3.05, 3.63) is 161 Å². The zero-order chi connectivity index (χ0) is 77.2. The van der Waals surface area contributed by atoms with E-state index in [1.807, 2.05) is 143 Å². The van der Waals surface area contributed by atoms with Crippen LogP contribution in [0.4, 0.5) is 5.69 Å². The Kier molecular flexibility index (Phi) is 28.8. The van der Waals surface area contributed by atoms with Gasteiger partial charge in [-0.25, -0.2) is 0 Å². The molecule has 1 unspecified atom stereocenters. The molecule has 574 valence electrons. The molecule has 6 aliphatic rings. The molecule has 108 heavy (non-hydrogen) atoms. The van der Waals surface area contributed by atoms with Gasteiger partial charge in [0.15, 0.2) is 0 Å². The van der Waals surface area contributed by atoms with Gasteiger partial charge in [0.05, 0.1) is 49.5 Å². The number of ether oxygens (including phenoxy) is 2. The first-order valence-electron chi connectivity index (χ1n) is 37.5. The minimum atomic E-state index is -1.71. The van der Waals surface area contributed by atoms with E-state index in [0.717, 1.165) is 118 Å². The van der Waals surface area contributed by atoms with Crippen LogP contribution in [0.25, 0.3) is 21.9 Å². The molecule has 0 aliphatic carbocycles. The predicted molar refractivity (Wildman–Crippen MR) is 408 cm³/mol. The largest absolute Gasteiger partial charge is 0.493 e. The summed E-state index contributed by atoms with van der Waals surface area (Å²) in [5.41, 5.74) is 7.97. The number of likely N-dealkylation sites (tertiary alicyclic amines) is 3. The highest BCUT2D eigenvalue weighted by atomic mass is 16.5. The van der Waals surface area contributed by atoms with Gasteiger partial charge in [0.25, 0.3) is 0 Å². The number of nitrogens with one attached hydrogen (secondary N) is 4. The van der Waals surface area contributed by atoms with E-state index in [1.54, 1.807) is 27.2 Å². The van der Waals surface area contributed by atoms with E-state index < -0.39 is 52.2 Å². The van der Waals surface area contributed by atoms with E-state index >= 15 is 0 Å². The Balaban J connectivity index is 0.000000154. The Morgan fingerprint density at radius 3 is 1.69 bits per heavy atom. The summed E-state index contributed by atoms with van der Waals surface area (Å²) in [6, 6.07) is 36.4. The number of furan rings is 2. The van der Waals surface area contributed by atoms with E-state index in [-0.39, 0.29) is 96.9 Å². The van der Waals surface area contributed by atoms with Crippen molar-refractivity contribution in [2.75, 3.05) is 57.4 Å². The minimum absolute atomic E-state index is 0.00320. The van der Waals surface area contributed by atoms with E-state index in [1.165, 1.54) is 0 Å². The molecule has 4 saturated heterocycles. The van der Waals surface area contributed by atoms with E-state index in [0.29, 0.717) is 78.0 Å². The van der Waals surface area contributed by atoms with Crippen molar-refractivity contribution in [1.29, 1.82) is 0 Å².